The van der Waals surface area contributed by atoms with Gasteiger partial charge in [0.25, 0.3) is 5.91 Å². The lowest BCUT2D eigenvalue weighted by molar-refractivity contribution is 0.0927. The van der Waals surface area contributed by atoms with E-state index >= 15 is 0 Å². The number of amides is 1. The van der Waals surface area contributed by atoms with E-state index in [1.807, 2.05) is 43.3 Å². The van der Waals surface area contributed by atoms with Gasteiger partial charge >= 0.3 is 0 Å². The molecule has 1 amide bonds. The molecule has 122 valence electrons. The molecule has 1 N–H and O–H groups in total. The molecule has 0 fully saturated rings. The van der Waals surface area contributed by atoms with Crippen LogP contribution in [0.25, 0.3) is 22.3 Å². The average Bonchev–Trinajstić information content (AvgIpc) is 2.61. The number of para-hydroxylation sites is 1. The number of pyridine rings is 1. The van der Waals surface area contributed by atoms with Crippen LogP contribution < -0.4 is 5.32 Å². The zero-order valence-electron chi connectivity index (χ0n) is 14.0. The second kappa shape index (κ2) is 6.74. The number of fused-ring (bicyclic) bond motifs is 1. The first-order valence-electron chi connectivity index (χ1n) is 8.04. The van der Waals surface area contributed by atoms with E-state index in [2.05, 4.69) is 34.1 Å². The van der Waals surface area contributed by atoms with Crippen molar-refractivity contribution in [1.82, 2.24) is 20.3 Å². The summed E-state index contributed by atoms with van der Waals surface area (Å²) in [6, 6.07) is 11.3. The maximum absolute atomic E-state index is 12.7. The first-order valence-corrected chi connectivity index (χ1v) is 8.04. The molecule has 3 rings (SSSR count). The van der Waals surface area contributed by atoms with Crippen molar-refractivity contribution in [1.29, 1.82) is 0 Å². The number of nitrogens with zero attached hydrogens (tertiary/aromatic N) is 3. The normalized spacial score (nSPS) is 12.3. The SMILES string of the molecule is CC(C)C(C)NC(=O)c1nc(-c2ccncc2)nc2ccccc12. The van der Waals surface area contributed by atoms with Crippen molar-refractivity contribution in [2.24, 2.45) is 5.92 Å². The third-order valence-electron chi connectivity index (χ3n) is 4.12. The molecule has 1 unspecified atom stereocenters. The molecule has 0 radical (unpaired) electrons. The molecular formula is C19H20N4O. The van der Waals surface area contributed by atoms with Gasteiger partial charge in [0, 0.05) is 29.4 Å². The molecule has 2 heterocycles. The van der Waals surface area contributed by atoms with Gasteiger partial charge in [-0.15, -0.1) is 0 Å². The highest BCUT2D eigenvalue weighted by Crippen LogP contribution is 2.21. The van der Waals surface area contributed by atoms with Crippen LogP contribution in [0.2, 0.25) is 0 Å². The molecule has 1 aromatic carbocycles. The predicted octanol–water partition coefficient (Wildman–Crippen LogP) is 3.47. The van der Waals surface area contributed by atoms with Gasteiger partial charge in [-0.1, -0.05) is 32.0 Å². The van der Waals surface area contributed by atoms with Crippen LogP contribution in [-0.4, -0.2) is 26.9 Å². The molecule has 0 spiro atoms. The van der Waals surface area contributed by atoms with Crippen LogP contribution in [0.1, 0.15) is 31.3 Å². The van der Waals surface area contributed by atoms with Crippen molar-refractivity contribution in [2.45, 2.75) is 26.8 Å². The topological polar surface area (TPSA) is 67.8 Å². The van der Waals surface area contributed by atoms with E-state index in [-0.39, 0.29) is 11.9 Å². The number of aromatic nitrogens is 3. The van der Waals surface area contributed by atoms with Crippen LogP contribution in [0.5, 0.6) is 0 Å². The molecule has 3 aromatic rings. The van der Waals surface area contributed by atoms with Crippen molar-refractivity contribution in [3.63, 3.8) is 0 Å². The highest BCUT2D eigenvalue weighted by atomic mass is 16.1. The van der Waals surface area contributed by atoms with E-state index in [0.29, 0.717) is 17.4 Å². The van der Waals surface area contributed by atoms with Gasteiger partial charge in [0.2, 0.25) is 0 Å². The summed E-state index contributed by atoms with van der Waals surface area (Å²) in [5.74, 6) is 0.699. The fraction of sp³-hybridized carbons (Fsp3) is 0.263. The Kier molecular flexibility index (Phi) is 4.51. The molecule has 5 heteroatoms. The molecule has 2 aromatic heterocycles. The Balaban J connectivity index is 2.10. The Bertz CT molecular complexity index is 862. The smallest absolute Gasteiger partial charge is 0.270 e. The Hall–Kier alpha value is -2.82. The molecule has 0 aliphatic carbocycles. The van der Waals surface area contributed by atoms with Crippen LogP contribution in [0.4, 0.5) is 0 Å². The molecule has 1 atom stereocenters. The van der Waals surface area contributed by atoms with Gasteiger partial charge in [-0.2, -0.15) is 0 Å². The van der Waals surface area contributed by atoms with E-state index in [1.54, 1.807) is 12.4 Å². The van der Waals surface area contributed by atoms with Crippen molar-refractivity contribution >= 4 is 16.8 Å². The van der Waals surface area contributed by atoms with Gasteiger partial charge < -0.3 is 5.32 Å². The third kappa shape index (κ3) is 3.25. The van der Waals surface area contributed by atoms with Gasteiger partial charge in [0.15, 0.2) is 5.82 Å². The Morgan fingerprint density at radius 2 is 1.71 bits per heavy atom. The van der Waals surface area contributed by atoms with Crippen molar-refractivity contribution < 1.29 is 4.79 Å². The van der Waals surface area contributed by atoms with E-state index in [9.17, 15) is 4.79 Å². The minimum atomic E-state index is -0.176. The molecule has 0 aliphatic rings. The number of benzene rings is 1. The van der Waals surface area contributed by atoms with E-state index in [4.69, 9.17) is 0 Å². The van der Waals surface area contributed by atoms with Crippen molar-refractivity contribution in [3.8, 4) is 11.4 Å². The fourth-order valence-corrected chi connectivity index (χ4v) is 2.32. The average molecular weight is 320 g/mol. The fourth-order valence-electron chi connectivity index (χ4n) is 2.32. The lowest BCUT2D eigenvalue weighted by atomic mass is 10.1. The van der Waals surface area contributed by atoms with Crippen LogP contribution in [0.3, 0.4) is 0 Å². The molecule has 5 nitrogen and oxygen atoms in total. The molecule has 0 bridgehead atoms. The molecule has 0 saturated carbocycles. The highest BCUT2D eigenvalue weighted by Gasteiger charge is 2.18. The Morgan fingerprint density at radius 3 is 2.42 bits per heavy atom. The second-order valence-corrected chi connectivity index (χ2v) is 6.16. The van der Waals surface area contributed by atoms with Gasteiger partial charge in [0.1, 0.15) is 5.69 Å². The van der Waals surface area contributed by atoms with Crippen LogP contribution in [-0.2, 0) is 0 Å². The van der Waals surface area contributed by atoms with Gasteiger partial charge in [-0.05, 0) is 31.0 Å². The van der Waals surface area contributed by atoms with Crippen LogP contribution in [0.15, 0.2) is 48.8 Å². The molecule has 0 saturated heterocycles. The van der Waals surface area contributed by atoms with Gasteiger partial charge in [-0.25, -0.2) is 9.97 Å². The highest BCUT2D eigenvalue weighted by molar-refractivity contribution is 6.04. The molecular weight excluding hydrogens is 300 g/mol. The number of carbonyl (C=O) groups excluding carboxylic acids is 1. The van der Waals surface area contributed by atoms with Crippen LogP contribution >= 0.6 is 0 Å². The summed E-state index contributed by atoms with van der Waals surface area (Å²) < 4.78 is 0. The zero-order valence-corrected chi connectivity index (χ0v) is 14.0. The minimum Gasteiger partial charge on any atom is -0.348 e. The number of hydrogen-bond acceptors (Lipinski definition) is 4. The standard InChI is InChI=1S/C19H20N4O/c1-12(2)13(3)21-19(24)17-15-6-4-5-7-16(15)22-18(23-17)14-8-10-20-11-9-14/h4-13H,1-3H3,(H,21,24). The first-order chi connectivity index (χ1) is 11.6. The maximum Gasteiger partial charge on any atom is 0.270 e. The molecule has 0 aliphatic heterocycles. The first kappa shape index (κ1) is 16.1. The van der Waals surface area contributed by atoms with Gasteiger partial charge in [0.05, 0.1) is 5.52 Å². The van der Waals surface area contributed by atoms with E-state index in [0.717, 1.165) is 16.5 Å². The summed E-state index contributed by atoms with van der Waals surface area (Å²) in [4.78, 5) is 25.9. The summed E-state index contributed by atoms with van der Waals surface area (Å²) in [7, 11) is 0. The number of rotatable bonds is 4. The largest absolute Gasteiger partial charge is 0.348 e. The number of carbonyl (C=O) groups is 1. The minimum absolute atomic E-state index is 0.0654. The van der Waals surface area contributed by atoms with E-state index < -0.39 is 0 Å². The monoisotopic (exact) mass is 320 g/mol. The summed E-state index contributed by atoms with van der Waals surface area (Å²) in [5, 5.41) is 3.78. The summed E-state index contributed by atoms with van der Waals surface area (Å²) in [5.41, 5.74) is 1.99. The predicted molar refractivity (Wildman–Crippen MR) is 94.5 cm³/mol. The third-order valence-corrected chi connectivity index (χ3v) is 4.12. The quantitative estimate of drug-likeness (QED) is 0.799. The number of hydrogen-bond donors (Lipinski definition) is 1. The van der Waals surface area contributed by atoms with E-state index in [1.165, 1.54) is 0 Å². The second-order valence-electron chi connectivity index (χ2n) is 6.16. The summed E-state index contributed by atoms with van der Waals surface area (Å²) in [6.07, 6.45) is 3.38. The summed E-state index contributed by atoms with van der Waals surface area (Å²) in [6.45, 7) is 6.15. The lowest BCUT2D eigenvalue weighted by Gasteiger charge is -2.18. The summed E-state index contributed by atoms with van der Waals surface area (Å²) >= 11 is 0. The number of nitrogens with one attached hydrogen (secondary N) is 1. The maximum atomic E-state index is 12.7. The lowest BCUT2D eigenvalue weighted by Crippen LogP contribution is -2.36. The van der Waals surface area contributed by atoms with Crippen LogP contribution in [0, 0.1) is 5.92 Å². The van der Waals surface area contributed by atoms with Crippen molar-refractivity contribution in [3.05, 3.63) is 54.5 Å². The Labute approximate surface area is 141 Å². The van der Waals surface area contributed by atoms with Gasteiger partial charge in [-0.3, -0.25) is 9.78 Å². The zero-order chi connectivity index (χ0) is 17.1. The Morgan fingerprint density at radius 1 is 1.00 bits per heavy atom. The molecule has 24 heavy (non-hydrogen) atoms. The van der Waals surface area contributed by atoms with Crippen molar-refractivity contribution in [2.75, 3.05) is 0 Å².